The molecule has 15 heavy (non-hydrogen) atoms. The van der Waals surface area contributed by atoms with Gasteiger partial charge in [-0.3, -0.25) is 4.72 Å². The van der Waals surface area contributed by atoms with Crippen LogP contribution in [0.1, 0.15) is 0 Å². The standard InChI is InChI=1S/C7H5BrCl2FNO2S/c8-3-15(13,14)12-4-1-5(9)7(11)6(10)2-4/h1-2,12H,3H2. The first-order valence-electron chi connectivity index (χ1n) is 3.57. The zero-order valence-electron chi connectivity index (χ0n) is 7.10. The summed E-state index contributed by atoms with van der Waals surface area (Å²) in [7, 11) is -3.49. The molecule has 1 aromatic rings. The molecule has 0 heterocycles. The Morgan fingerprint density at radius 3 is 2.20 bits per heavy atom. The molecule has 0 bridgehead atoms. The van der Waals surface area contributed by atoms with E-state index in [1.807, 2.05) is 0 Å². The van der Waals surface area contributed by atoms with Gasteiger partial charge in [-0.25, -0.2) is 12.8 Å². The molecule has 0 fully saturated rings. The van der Waals surface area contributed by atoms with Crippen LogP contribution >= 0.6 is 39.1 Å². The molecule has 1 rings (SSSR count). The molecule has 0 radical (unpaired) electrons. The van der Waals surface area contributed by atoms with Crippen LogP contribution in [0.4, 0.5) is 10.1 Å². The summed E-state index contributed by atoms with van der Waals surface area (Å²) in [6.45, 7) is 0. The Labute approximate surface area is 105 Å². The molecule has 0 spiro atoms. The fourth-order valence-corrected chi connectivity index (χ4v) is 2.18. The lowest BCUT2D eigenvalue weighted by Gasteiger charge is -2.07. The summed E-state index contributed by atoms with van der Waals surface area (Å²) in [5.74, 6) is -0.778. The minimum absolute atomic E-state index is 0.117. The quantitative estimate of drug-likeness (QED) is 0.680. The van der Waals surface area contributed by atoms with Crippen molar-refractivity contribution in [1.82, 2.24) is 0 Å². The summed E-state index contributed by atoms with van der Waals surface area (Å²) in [4.78, 5) is 0. The summed E-state index contributed by atoms with van der Waals surface area (Å²) in [5.41, 5.74) is 0.117. The average molecular weight is 337 g/mol. The molecule has 1 N–H and O–H groups in total. The van der Waals surface area contributed by atoms with E-state index >= 15 is 0 Å². The minimum atomic E-state index is -3.49. The molecule has 1 aromatic carbocycles. The third-order valence-corrected chi connectivity index (χ3v) is 4.59. The van der Waals surface area contributed by atoms with Gasteiger partial charge in [0.2, 0.25) is 10.0 Å². The van der Waals surface area contributed by atoms with Gasteiger partial charge in [0.05, 0.1) is 15.7 Å². The SMILES string of the molecule is O=S(=O)(CBr)Nc1cc(Cl)c(F)c(Cl)c1. The molecule has 0 saturated heterocycles. The molecule has 8 heteroatoms. The number of nitrogens with one attached hydrogen (secondary N) is 1. The van der Waals surface area contributed by atoms with Crippen LogP contribution in [0.15, 0.2) is 12.1 Å². The number of alkyl halides is 1. The summed E-state index contributed by atoms with van der Waals surface area (Å²) in [6, 6.07) is 2.28. The summed E-state index contributed by atoms with van der Waals surface area (Å²) >= 11 is 13.8. The van der Waals surface area contributed by atoms with Crippen LogP contribution in [0, 0.1) is 5.82 Å². The lowest BCUT2D eigenvalue weighted by molar-refractivity contribution is 0.605. The molecular formula is C7H5BrCl2FNO2S. The highest BCUT2D eigenvalue weighted by Crippen LogP contribution is 2.27. The van der Waals surface area contributed by atoms with Crippen molar-refractivity contribution in [3.05, 3.63) is 28.0 Å². The number of benzene rings is 1. The molecular weight excluding hydrogens is 332 g/mol. The van der Waals surface area contributed by atoms with Gasteiger partial charge >= 0.3 is 0 Å². The largest absolute Gasteiger partial charge is 0.283 e. The van der Waals surface area contributed by atoms with Crippen molar-refractivity contribution in [2.75, 3.05) is 9.38 Å². The minimum Gasteiger partial charge on any atom is -0.283 e. The third kappa shape index (κ3) is 3.48. The lowest BCUT2D eigenvalue weighted by Crippen LogP contribution is -2.13. The number of sulfonamides is 1. The highest BCUT2D eigenvalue weighted by Gasteiger charge is 2.12. The summed E-state index contributed by atoms with van der Waals surface area (Å²) in [5, 5.41) is -0.482. The molecule has 0 aromatic heterocycles. The van der Waals surface area contributed by atoms with Gasteiger partial charge in [0.15, 0.2) is 5.82 Å². The Balaban J connectivity index is 3.08. The van der Waals surface area contributed by atoms with Gasteiger partial charge in [-0.1, -0.05) is 39.1 Å². The molecule has 0 aliphatic carbocycles. The zero-order valence-corrected chi connectivity index (χ0v) is 11.0. The predicted octanol–water partition coefficient (Wildman–Crippen LogP) is 3.23. The van der Waals surface area contributed by atoms with Crippen LogP contribution in [0.2, 0.25) is 10.0 Å². The highest BCUT2D eigenvalue weighted by molar-refractivity contribution is 9.10. The van der Waals surface area contributed by atoms with E-state index < -0.39 is 15.8 Å². The van der Waals surface area contributed by atoms with Gasteiger partial charge in [0.1, 0.15) is 4.66 Å². The highest BCUT2D eigenvalue weighted by atomic mass is 79.9. The maximum atomic E-state index is 13.0. The smallest absolute Gasteiger partial charge is 0.242 e. The monoisotopic (exact) mass is 335 g/mol. The molecule has 0 atom stereocenters. The van der Waals surface area contributed by atoms with E-state index in [1.165, 1.54) is 0 Å². The van der Waals surface area contributed by atoms with Gasteiger partial charge in [-0.15, -0.1) is 0 Å². The van der Waals surface area contributed by atoms with Gasteiger partial charge in [0, 0.05) is 0 Å². The molecule has 0 aliphatic heterocycles. The van der Waals surface area contributed by atoms with Crippen LogP contribution in [-0.2, 0) is 10.0 Å². The van der Waals surface area contributed by atoms with Crippen molar-refractivity contribution >= 4 is 54.8 Å². The van der Waals surface area contributed by atoms with Gasteiger partial charge in [-0.2, -0.15) is 0 Å². The number of anilines is 1. The lowest BCUT2D eigenvalue weighted by atomic mass is 10.3. The van der Waals surface area contributed by atoms with Gasteiger partial charge in [-0.05, 0) is 12.1 Å². The van der Waals surface area contributed by atoms with E-state index in [2.05, 4.69) is 20.7 Å². The van der Waals surface area contributed by atoms with E-state index in [-0.39, 0.29) is 20.4 Å². The Hall–Kier alpha value is -0.0400. The Morgan fingerprint density at radius 1 is 1.33 bits per heavy atom. The predicted molar refractivity (Wildman–Crippen MR) is 62.8 cm³/mol. The van der Waals surface area contributed by atoms with Crippen LogP contribution in [0.25, 0.3) is 0 Å². The van der Waals surface area contributed by atoms with Crippen LogP contribution in [0.3, 0.4) is 0 Å². The van der Waals surface area contributed by atoms with Crippen LogP contribution in [0.5, 0.6) is 0 Å². The topological polar surface area (TPSA) is 46.2 Å². The maximum absolute atomic E-state index is 13.0. The number of rotatable bonds is 3. The second kappa shape index (κ2) is 4.86. The van der Waals surface area contributed by atoms with Crippen molar-refractivity contribution in [1.29, 1.82) is 0 Å². The average Bonchev–Trinajstić information content (AvgIpc) is 2.13. The first kappa shape index (κ1) is 13.0. The third-order valence-electron chi connectivity index (χ3n) is 1.40. The summed E-state index contributed by atoms with van der Waals surface area (Å²) in [6.07, 6.45) is 0. The Bertz CT molecular complexity index is 457. The molecule has 0 amide bonds. The molecule has 84 valence electrons. The van der Waals surface area contributed by atoms with Gasteiger partial charge < -0.3 is 0 Å². The van der Waals surface area contributed by atoms with Crippen molar-refractivity contribution in [2.45, 2.75) is 0 Å². The fraction of sp³-hybridized carbons (Fsp3) is 0.143. The summed E-state index contributed by atoms with van der Waals surface area (Å²) < 4.78 is 37.1. The fourth-order valence-electron chi connectivity index (χ4n) is 0.821. The Kier molecular flexibility index (Phi) is 4.22. The van der Waals surface area contributed by atoms with Crippen LogP contribution in [-0.4, -0.2) is 13.1 Å². The zero-order chi connectivity index (χ0) is 11.6. The molecule has 0 unspecified atom stereocenters. The van der Waals surface area contributed by atoms with E-state index in [9.17, 15) is 12.8 Å². The van der Waals surface area contributed by atoms with E-state index in [1.54, 1.807) is 0 Å². The second-order valence-corrected chi connectivity index (χ2v) is 6.42. The normalized spacial score (nSPS) is 11.5. The van der Waals surface area contributed by atoms with E-state index in [4.69, 9.17) is 23.2 Å². The second-order valence-electron chi connectivity index (χ2n) is 2.58. The number of hydrogen-bond donors (Lipinski definition) is 1. The van der Waals surface area contributed by atoms with Crippen molar-refractivity contribution in [2.24, 2.45) is 0 Å². The first-order valence-corrected chi connectivity index (χ1v) is 7.09. The number of halogens is 4. The number of hydrogen-bond acceptors (Lipinski definition) is 2. The van der Waals surface area contributed by atoms with Crippen LogP contribution < -0.4 is 4.72 Å². The van der Waals surface area contributed by atoms with E-state index in [0.29, 0.717) is 0 Å². The van der Waals surface area contributed by atoms with Crippen molar-refractivity contribution in [3.63, 3.8) is 0 Å². The molecule has 0 saturated carbocycles. The first-order chi connectivity index (χ1) is 6.85. The molecule has 3 nitrogen and oxygen atoms in total. The van der Waals surface area contributed by atoms with Crippen molar-refractivity contribution in [3.8, 4) is 0 Å². The van der Waals surface area contributed by atoms with E-state index in [0.717, 1.165) is 12.1 Å². The Morgan fingerprint density at radius 2 is 1.80 bits per heavy atom. The van der Waals surface area contributed by atoms with Crippen molar-refractivity contribution < 1.29 is 12.8 Å². The maximum Gasteiger partial charge on any atom is 0.242 e. The van der Waals surface area contributed by atoms with Gasteiger partial charge in [0.25, 0.3) is 0 Å². The molecule has 0 aliphatic rings.